The number of anilines is 1. The lowest BCUT2D eigenvalue weighted by atomic mass is 9.99. The van der Waals surface area contributed by atoms with E-state index in [4.69, 9.17) is 5.73 Å². The summed E-state index contributed by atoms with van der Waals surface area (Å²) in [7, 11) is 0. The summed E-state index contributed by atoms with van der Waals surface area (Å²) in [6.07, 6.45) is 1.30. The number of carbonyl (C=O) groups is 1. The van der Waals surface area contributed by atoms with Crippen molar-refractivity contribution in [3.05, 3.63) is 65.1 Å². The smallest absolute Gasteiger partial charge is 0.248 e. The van der Waals surface area contributed by atoms with Gasteiger partial charge in [-0.2, -0.15) is 0 Å². The number of aryl methyl sites for hydroxylation is 1. The zero-order chi connectivity index (χ0) is 20.5. The molecule has 0 unspecified atom stereocenters. The molecule has 144 valence electrons. The van der Waals surface area contributed by atoms with Gasteiger partial charge in [-0.25, -0.2) is 13.8 Å². The fraction of sp³-hybridized carbons (Fsp3) is 0.211. The third-order valence-electron chi connectivity index (χ3n) is 4.09. The molecule has 2 heterocycles. The number of halogens is 2. The number of primary amides is 1. The Morgan fingerprint density at radius 1 is 1.11 bits per heavy atom. The maximum Gasteiger partial charge on any atom is 0.248 e. The van der Waals surface area contributed by atoms with Crippen molar-refractivity contribution < 1.29 is 13.6 Å². The minimum atomic E-state index is -0.920. The average Bonchev–Trinajstić information content (AvgIpc) is 2.64. The first-order valence-electron chi connectivity index (χ1n) is 8.38. The topological polar surface area (TPSA) is 107 Å². The quantitative estimate of drug-likeness (QED) is 0.700. The van der Waals surface area contributed by atoms with E-state index < -0.39 is 23.1 Å². The van der Waals surface area contributed by atoms with Gasteiger partial charge in [0.25, 0.3) is 0 Å². The van der Waals surface area contributed by atoms with Crippen LogP contribution in [0.25, 0.3) is 11.3 Å². The van der Waals surface area contributed by atoms with Crippen molar-refractivity contribution in [3.63, 3.8) is 0 Å². The second-order valence-corrected chi connectivity index (χ2v) is 6.76. The van der Waals surface area contributed by atoms with E-state index in [1.165, 1.54) is 24.4 Å². The Bertz CT molecular complexity index is 1040. The number of benzene rings is 1. The number of hydrogen-bond donors (Lipinski definition) is 2. The van der Waals surface area contributed by atoms with Crippen LogP contribution in [0.4, 0.5) is 14.7 Å². The first kappa shape index (κ1) is 19.3. The zero-order valence-corrected chi connectivity index (χ0v) is 15.5. The monoisotopic (exact) mass is 384 g/mol. The summed E-state index contributed by atoms with van der Waals surface area (Å²) in [5.41, 5.74) is 5.50. The molecule has 0 aliphatic rings. The number of aromatic nitrogens is 4. The molecule has 0 bridgehead atoms. The standard InChI is InChI=1S/C19H18F2N6O/c1-10-4-6-14(21)16(24-10)19(2,3)25-18-23-9-15(26-27-18)12-8-11(17(22)28)5-7-13(12)20/h4-9H,1-3H3,(H2,22,28)(H,23,25,27). The first-order chi connectivity index (χ1) is 13.2. The fourth-order valence-corrected chi connectivity index (χ4v) is 2.65. The molecule has 0 fully saturated rings. The summed E-state index contributed by atoms with van der Waals surface area (Å²) < 4.78 is 28.2. The van der Waals surface area contributed by atoms with Gasteiger partial charge >= 0.3 is 0 Å². The maximum absolute atomic E-state index is 14.2. The number of nitrogens with one attached hydrogen (secondary N) is 1. The van der Waals surface area contributed by atoms with Gasteiger partial charge in [-0.15, -0.1) is 10.2 Å². The number of hydrogen-bond acceptors (Lipinski definition) is 6. The molecule has 9 heteroatoms. The number of pyridine rings is 1. The van der Waals surface area contributed by atoms with Crippen LogP contribution in [-0.2, 0) is 5.54 Å². The predicted octanol–water partition coefficient (Wildman–Crippen LogP) is 2.97. The predicted molar refractivity (Wildman–Crippen MR) is 99.3 cm³/mol. The molecule has 0 aliphatic heterocycles. The highest BCUT2D eigenvalue weighted by atomic mass is 19.1. The van der Waals surface area contributed by atoms with Crippen LogP contribution >= 0.6 is 0 Å². The van der Waals surface area contributed by atoms with Crippen LogP contribution in [0.1, 0.15) is 35.6 Å². The third-order valence-corrected chi connectivity index (χ3v) is 4.09. The lowest BCUT2D eigenvalue weighted by Gasteiger charge is -2.26. The Balaban J connectivity index is 1.88. The van der Waals surface area contributed by atoms with Gasteiger partial charge in [0.15, 0.2) is 0 Å². The Morgan fingerprint density at radius 3 is 2.46 bits per heavy atom. The van der Waals surface area contributed by atoms with Gasteiger partial charge in [-0.05, 0) is 51.1 Å². The summed E-state index contributed by atoms with van der Waals surface area (Å²) >= 11 is 0. The van der Waals surface area contributed by atoms with Crippen LogP contribution in [0.2, 0.25) is 0 Å². The summed E-state index contributed by atoms with van der Waals surface area (Å²) in [5.74, 6) is -1.62. The maximum atomic E-state index is 14.2. The average molecular weight is 384 g/mol. The van der Waals surface area contributed by atoms with Crippen molar-refractivity contribution in [2.45, 2.75) is 26.3 Å². The van der Waals surface area contributed by atoms with E-state index in [0.29, 0.717) is 5.69 Å². The molecule has 1 amide bonds. The van der Waals surface area contributed by atoms with Crippen molar-refractivity contribution >= 4 is 11.9 Å². The van der Waals surface area contributed by atoms with Crippen LogP contribution in [0.5, 0.6) is 0 Å². The minimum absolute atomic E-state index is 0.0495. The Labute approximate surface area is 160 Å². The SMILES string of the molecule is Cc1ccc(F)c(C(C)(C)Nc2ncc(-c3cc(C(N)=O)ccc3F)nn2)n1. The van der Waals surface area contributed by atoms with Crippen molar-refractivity contribution in [2.75, 3.05) is 5.32 Å². The Kier molecular flexibility index (Phi) is 5.00. The summed E-state index contributed by atoms with van der Waals surface area (Å²) in [6, 6.07) is 6.61. The van der Waals surface area contributed by atoms with Gasteiger partial charge in [0.2, 0.25) is 11.9 Å². The van der Waals surface area contributed by atoms with Crippen LogP contribution in [-0.4, -0.2) is 26.1 Å². The van der Waals surface area contributed by atoms with Gasteiger partial charge < -0.3 is 11.1 Å². The van der Waals surface area contributed by atoms with E-state index in [1.807, 2.05) is 0 Å². The molecule has 3 rings (SSSR count). The van der Waals surface area contributed by atoms with Crippen molar-refractivity contribution in [1.82, 2.24) is 20.2 Å². The third kappa shape index (κ3) is 3.93. The van der Waals surface area contributed by atoms with E-state index in [2.05, 4.69) is 25.5 Å². The second-order valence-electron chi connectivity index (χ2n) is 6.76. The van der Waals surface area contributed by atoms with E-state index in [-0.39, 0.29) is 28.5 Å². The van der Waals surface area contributed by atoms with E-state index >= 15 is 0 Å². The molecule has 0 aliphatic carbocycles. The molecule has 28 heavy (non-hydrogen) atoms. The number of rotatable bonds is 5. The Morgan fingerprint density at radius 2 is 1.82 bits per heavy atom. The van der Waals surface area contributed by atoms with Crippen molar-refractivity contribution in [2.24, 2.45) is 5.73 Å². The summed E-state index contributed by atoms with van der Waals surface area (Å²) in [4.78, 5) is 19.6. The van der Waals surface area contributed by atoms with Crippen LogP contribution < -0.4 is 11.1 Å². The molecule has 0 saturated carbocycles. The number of nitrogens with zero attached hydrogens (tertiary/aromatic N) is 4. The molecule has 0 radical (unpaired) electrons. The highest BCUT2D eigenvalue weighted by Gasteiger charge is 2.27. The molecule has 3 aromatic rings. The van der Waals surface area contributed by atoms with E-state index in [9.17, 15) is 13.6 Å². The minimum Gasteiger partial charge on any atom is -0.366 e. The molecule has 7 nitrogen and oxygen atoms in total. The van der Waals surface area contributed by atoms with Crippen molar-refractivity contribution in [3.8, 4) is 11.3 Å². The highest BCUT2D eigenvalue weighted by molar-refractivity contribution is 5.94. The number of amides is 1. The van der Waals surface area contributed by atoms with Gasteiger partial charge in [0.05, 0.1) is 11.7 Å². The summed E-state index contributed by atoms with van der Waals surface area (Å²) in [5, 5.41) is 10.8. The Hall–Kier alpha value is -3.49. The van der Waals surface area contributed by atoms with Gasteiger partial charge in [0.1, 0.15) is 23.0 Å². The molecule has 2 aromatic heterocycles. The normalized spacial score (nSPS) is 11.3. The van der Waals surface area contributed by atoms with E-state index in [0.717, 1.165) is 6.07 Å². The first-order valence-corrected chi connectivity index (χ1v) is 8.38. The zero-order valence-electron chi connectivity index (χ0n) is 15.5. The van der Waals surface area contributed by atoms with Gasteiger partial charge in [-0.1, -0.05) is 0 Å². The molecular formula is C19H18F2N6O. The van der Waals surface area contributed by atoms with Crippen LogP contribution in [0.3, 0.4) is 0 Å². The van der Waals surface area contributed by atoms with Crippen LogP contribution in [0.15, 0.2) is 36.5 Å². The largest absolute Gasteiger partial charge is 0.366 e. The lowest BCUT2D eigenvalue weighted by Crippen LogP contribution is -2.31. The van der Waals surface area contributed by atoms with E-state index in [1.54, 1.807) is 26.8 Å². The fourth-order valence-electron chi connectivity index (χ4n) is 2.65. The molecule has 3 N–H and O–H groups in total. The molecule has 0 atom stereocenters. The lowest BCUT2D eigenvalue weighted by molar-refractivity contribution is 0.100. The second kappa shape index (κ2) is 7.26. The molecule has 0 spiro atoms. The van der Waals surface area contributed by atoms with Crippen molar-refractivity contribution in [1.29, 1.82) is 0 Å². The summed E-state index contributed by atoms with van der Waals surface area (Å²) in [6.45, 7) is 5.22. The van der Waals surface area contributed by atoms with Gasteiger partial charge in [-0.3, -0.25) is 9.78 Å². The van der Waals surface area contributed by atoms with Gasteiger partial charge in [0, 0.05) is 16.8 Å². The molecular weight excluding hydrogens is 366 g/mol. The number of nitrogens with two attached hydrogens (primary N) is 1. The molecule has 1 aromatic carbocycles. The number of carbonyl (C=O) groups excluding carboxylic acids is 1. The van der Waals surface area contributed by atoms with Crippen LogP contribution in [0, 0.1) is 18.6 Å². The highest BCUT2D eigenvalue weighted by Crippen LogP contribution is 2.26. The molecule has 0 saturated heterocycles.